The summed E-state index contributed by atoms with van der Waals surface area (Å²) in [4.78, 5) is 2.17. The summed E-state index contributed by atoms with van der Waals surface area (Å²) < 4.78 is 10.1. The van der Waals surface area contributed by atoms with Crippen molar-refractivity contribution in [1.29, 1.82) is 0 Å². The molecule has 0 unspecified atom stereocenters. The topological polar surface area (TPSA) is 64.9 Å². The molecule has 0 bridgehead atoms. The molecule has 0 spiro atoms. The van der Waals surface area contributed by atoms with Crippen molar-refractivity contribution in [2.45, 2.75) is 33.1 Å². The summed E-state index contributed by atoms with van der Waals surface area (Å²) in [6, 6.07) is 10.0. The fourth-order valence-electron chi connectivity index (χ4n) is 2.27. The van der Waals surface area contributed by atoms with E-state index >= 15 is 0 Å². The van der Waals surface area contributed by atoms with Gasteiger partial charge in [-0.2, -0.15) is 5.10 Å². The van der Waals surface area contributed by atoms with E-state index in [4.69, 9.17) is 16.6 Å². The highest BCUT2D eigenvalue weighted by molar-refractivity contribution is 7.71. The van der Waals surface area contributed by atoms with Crippen LogP contribution < -0.4 is 0 Å². The lowest BCUT2D eigenvalue weighted by Crippen LogP contribution is -2.33. The van der Waals surface area contributed by atoms with E-state index in [0.717, 1.165) is 5.56 Å². The van der Waals surface area contributed by atoms with E-state index in [1.807, 2.05) is 41.9 Å². The monoisotopic (exact) mass is 344 g/mol. The van der Waals surface area contributed by atoms with Gasteiger partial charge in [-0.15, -0.1) is 10.2 Å². The van der Waals surface area contributed by atoms with Gasteiger partial charge in [0.1, 0.15) is 6.33 Å². The van der Waals surface area contributed by atoms with Gasteiger partial charge < -0.3 is 8.98 Å². The fraction of sp³-hybridized carbons (Fsp3) is 0.375. The minimum Gasteiger partial charge on any atom is -0.419 e. The second-order valence-corrected chi connectivity index (χ2v) is 6.24. The smallest absolute Gasteiger partial charge is 0.247 e. The SMILES string of the molecule is CC(C)N(Cc1nnc(-c2ccccc2)o1)Cn1ncn(C)c1=S. The average Bonchev–Trinajstić information content (AvgIpc) is 3.17. The molecule has 1 aromatic carbocycles. The number of aryl methyl sites for hydroxylation is 1. The number of rotatable bonds is 6. The van der Waals surface area contributed by atoms with E-state index < -0.39 is 0 Å². The minimum atomic E-state index is 0.279. The molecule has 0 saturated carbocycles. The van der Waals surface area contributed by atoms with Crippen molar-refractivity contribution in [2.75, 3.05) is 0 Å². The van der Waals surface area contributed by atoms with Crippen LogP contribution in [0.5, 0.6) is 0 Å². The molecule has 0 radical (unpaired) electrons. The maximum atomic E-state index is 5.80. The third-order valence-corrected chi connectivity index (χ3v) is 4.26. The van der Waals surface area contributed by atoms with Gasteiger partial charge in [0, 0.05) is 18.7 Å². The Morgan fingerprint density at radius 1 is 1.21 bits per heavy atom. The predicted molar refractivity (Wildman–Crippen MR) is 92.4 cm³/mol. The molecule has 0 saturated heterocycles. The fourth-order valence-corrected chi connectivity index (χ4v) is 2.43. The highest BCUT2D eigenvalue weighted by Gasteiger charge is 2.17. The molecule has 2 heterocycles. The van der Waals surface area contributed by atoms with Crippen molar-refractivity contribution in [1.82, 2.24) is 29.4 Å². The minimum absolute atomic E-state index is 0.279. The van der Waals surface area contributed by atoms with Crippen molar-refractivity contribution in [3.63, 3.8) is 0 Å². The van der Waals surface area contributed by atoms with E-state index in [1.165, 1.54) is 0 Å². The first-order chi connectivity index (χ1) is 11.5. The van der Waals surface area contributed by atoms with Crippen LogP contribution in [-0.4, -0.2) is 35.5 Å². The van der Waals surface area contributed by atoms with Crippen LogP contribution >= 0.6 is 12.2 Å². The molecule has 0 N–H and O–H groups in total. The van der Waals surface area contributed by atoms with Gasteiger partial charge in [-0.05, 0) is 38.2 Å². The summed E-state index contributed by atoms with van der Waals surface area (Å²) in [5.74, 6) is 1.11. The Kier molecular flexibility index (Phi) is 4.86. The van der Waals surface area contributed by atoms with Gasteiger partial charge in [-0.1, -0.05) is 18.2 Å². The van der Waals surface area contributed by atoms with Crippen LogP contribution in [0.1, 0.15) is 19.7 Å². The van der Waals surface area contributed by atoms with Crippen LogP contribution in [0.25, 0.3) is 11.5 Å². The zero-order chi connectivity index (χ0) is 17.1. The molecule has 3 rings (SSSR count). The van der Waals surface area contributed by atoms with Crippen LogP contribution in [0.2, 0.25) is 0 Å². The average molecular weight is 344 g/mol. The maximum absolute atomic E-state index is 5.80. The molecule has 126 valence electrons. The third-order valence-electron chi connectivity index (χ3n) is 3.76. The van der Waals surface area contributed by atoms with Crippen LogP contribution in [0, 0.1) is 4.77 Å². The van der Waals surface area contributed by atoms with Gasteiger partial charge in [0.2, 0.25) is 11.8 Å². The predicted octanol–water partition coefficient (Wildman–Crippen LogP) is 2.87. The van der Waals surface area contributed by atoms with Gasteiger partial charge in [-0.25, -0.2) is 4.68 Å². The van der Waals surface area contributed by atoms with E-state index in [0.29, 0.717) is 29.8 Å². The zero-order valence-corrected chi connectivity index (χ0v) is 14.8. The van der Waals surface area contributed by atoms with Gasteiger partial charge >= 0.3 is 0 Å². The lowest BCUT2D eigenvalue weighted by molar-refractivity contribution is 0.139. The molecule has 2 aromatic heterocycles. The van der Waals surface area contributed by atoms with E-state index in [-0.39, 0.29) is 6.04 Å². The molecule has 0 aliphatic heterocycles. The first-order valence-corrected chi connectivity index (χ1v) is 8.15. The van der Waals surface area contributed by atoms with Gasteiger partial charge in [0.05, 0.1) is 13.2 Å². The Morgan fingerprint density at radius 2 is 1.96 bits per heavy atom. The molecule has 0 aliphatic rings. The molecule has 0 atom stereocenters. The van der Waals surface area contributed by atoms with Gasteiger partial charge in [0.15, 0.2) is 4.77 Å². The molecule has 0 fully saturated rings. The second-order valence-electron chi connectivity index (χ2n) is 5.87. The second kappa shape index (κ2) is 7.06. The summed E-state index contributed by atoms with van der Waals surface area (Å²) in [5.41, 5.74) is 0.916. The summed E-state index contributed by atoms with van der Waals surface area (Å²) >= 11 is 5.35. The van der Waals surface area contributed by atoms with Crippen molar-refractivity contribution in [2.24, 2.45) is 7.05 Å². The van der Waals surface area contributed by atoms with Crippen LogP contribution in [-0.2, 0) is 20.3 Å². The largest absolute Gasteiger partial charge is 0.419 e. The van der Waals surface area contributed by atoms with E-state index in [1.54, 1.807) is 11.0 Å². The van der Waals surface area contributed by atoms with Crippen LogP contribution in [0.15, 0.2) is 41.1 Å². The lowest BCUT2D eigenvalue weighted by Gasteiger charge is -2.24. The molecular weight excluding hydrogens is 324 g/mol. The molecule has 8 heteroatoms. The highest BCUT2D eigenvalue weighted by atomic mass is 32.1. The Hall–Kier alpha value is -2.32. The van der Waals surface area contributed by atoms with Gasteiger partial charge in [0.25, 0.3) is 0 Å². The third kappa shape index (κ3) is 3.60. The molecule has 0 amide bonds. The Balaban J connectivity index is 1.76. The standard InChI is InChI=1S/C16H20N6OS/c1-12(2)21(11-22-16(24)20(3)10-17-22)9-14-18-19-15(23-14)13-7-5-4-6-8-13/h4-8,10,12H,9,11H2,1-3H3. The molecule has 0 aliphatic carbocycles. The summed E-state index contributed by atoms with van der Waals surface area (Å²) in [6.45, 7) is 5.33. The Labute approximate surface area is 145 Å². The quantitative estimate of drug-likeness (QED) is 0.641. The number of benzene rings is 1. The van der Waals surface area contributed by atoms with E-state index in [9.17, 15) is 0 Å². The molecule has 3 aromatic rings. The van der Waals surface area contributed by atoms with Crippen molar-refractivity contribution < 1.29 is 4.42 Å². The summed E-state index contributed by atoms with van der Waals surface area (Å²) in [5, 5.41) is 12.6. The lowest BCUT2D eigenvalue weighted by atomic mass is 10.2. The van der Waals surface area contributed by atoms with Crippen molar-refractivity contribution in [3.05, 3.63) is 47.3 Å². The maximum Gasteiger partial charge on any atom is 0.247 e. The Morgan fingerprint density at radius 3 is 2.58 bits per heavy atom. The molecule has 24 heavy (non-hydrogen) atoms. The number of nitrogens with zero attached hydrogens (tertiary/aromatic N) is 6. The van der Waals surface area contributed by atoms with Crippen molar-refractivity contribution >= 4 is 12.2 Å². The van der Waals surface area contributed by atoms with E-state index in [2.05, 4.69) is 34.0 Å². The normalized spacial score (nSPS) is 11.5. The van der Waals surface area contributed by atoms with Crippen LogP contribution in [0.3, 0.4) is 0 Å². The number of hydrogen-bond donors (Lipinski definition) is 0. The number of aromatic nitrogens is 5. The molecular formula is C16H20N6OS. The first kappa shape index (κ1) is 16.5. The van der Waals surface area contributed by atoms with Crippen LogP contribution in [0.4, 0.5) is 0 Å². The zero-order valence-electron chi connectivity index (χ0n) is 14.0. The number of hydrogen-bond acceptors (Lipinski definition) is 6. The molecule has 7 nitrogen and oxygen atoms in total. The van der Waals surface area contributed by atoms with Crippen molar-refractivity contribution in [3.8, 4) is 11.5 Å². The van der Waals surface area contributed by atoms with Gasteiger partial charge in [-0.3, -0.25) is 4.90 Å². The highest BCUT2D eigenvalue weighted by Crippen LogP contribution is 2.18. The summed E-state index contributed by atoms with van der Waals surface area (Å²) in [7, 11) is 1.88. The summed E-state index contributed by atoms with van der Waals surface area (Å²) in [6.07, 6.45) is 1.71. The first-order valence-electron chi connectivity index (χ1n) is 7.75. The Bertz CT molecular complexity index is 851.